The molecule has 0 aliphatic carbocycles. The van der Waals surface area contributed by atoms with Gasteiger partial charge in [0.15, 0.2) is 0 Å². The SMILES string of the molecule is COc1ccccc1C1CNCCN1C(=O)CCNc1ccccc1[N+](=O)[O-].Cl. The van der Waals surface area contributed by atoms with Crippen molar-refractivity contribution in [2.45, 2.75) is 12.5 Å². The summed E-state index contributed by atoms with van der Waals surface area (Å²) in [4.78, 5) is 25.4. The van der Waals surface area contributed by atoms with E-state index in [-0.39, 0.29) is 36.5 Å². The molecule has 3 rings (SSSR count). The molecule has 8 nitrogen and oxygen atoms in total. The molecule has 1 amide bonds. The fraction of sp³-hybridized carbons (Fsp3) is 0.350. The predicted molar refractivity (Wildman–Crippen MR) is 114 cm³/mol. The minimum Gasteiger partial charge on any atom is -0.496 e. The number of halogens is 1. The number of nitro groups is 1. The number of nitrogens with zero attached hydrogens (tertiary/aromatic N) is 2. The number of piperazine rings is 1. The standard InChI is InChI=1S/C20H24N4O4.ClH/c1-28-19-9-5-2-6-15(19)18-14-21-12-13-23(18)20(25)10-11-22-16-7-3-4-8-17(16)24(26)27;/h2-9,18,21-22H,10-14H2,1H3;1H. The molecule has 1 aliphatic heterocycles. The fourth-order valence-corrected chi connectivity index (χ4v) is 3.45. The van der Waals surface area contributed by atoms with Gasteiger partial charge in [-0.2, -0.15) is 0 Å². The van der Waals surface area contributed by atoms with Gasteiger partial charge < -0.3 is 20.3 Å². The molecular weight excluding hydrogens is 396 g/mol. The number of amides is 1. The number of rotatable bonds is 7. The molecule has 2 N–H and O–H groups in total. The van der Waals surface area contributed by atoms with Crippen LogP contribution in [-0.4, -0.2) is 49.0 Å². The normalized spacial score (nSPS) is 15.9. The van der Waals surface area contributed by atoms with E-state index in [0.29, 0.717) is 25.3 Å². The Labute approximate surface area is 175 Å². The van der Waals surface area contributed by atoms with Crippen LogP contribution in [-0.2, 0) is 4.79 Å². The lowest BCUT2D eigenvalue weighted by molar-refractivity contribution is -0.384. The number of hydrogen-bond acceptors (Lipinski definition) is 6. The van der Waals surface area contributed by atoms with E-state index >= 15 is 0 Å². The molecule has 1 atom stereocenters. The third-order valence-corrected chi connectivity index (χ3v) is 4.82. The molecule has 0 bridgehead atoms. The topological polar surface area (TPSA) is 96.7 Å². The average molecular weight is 421 g/mol. The first-order chi connectivity index (χ1) is 13.6. The van der Waals surface area contributed by atoms with Gasteiger partial charge in [-0.15, -0.1) is 12.4 Å². The molecule has 0 saturated carbocycles. The molecule has 1 fully saturated rings. The van der Waals surface area contributed by atoms with Crippen LogP contribution in [0.15, 0.2) is 48.5 Å². The molecule has 1 unspecified atom stereocenters. The van der Waals surface area contributed by atoms with Gasteiger partial charge in [0.2, 0.25) is 5.91 Å². The van der Waals surface area contributed by atoms with E-state index in [9.17, 15) is 14.9 Å². The van der Waals surface area contributed by atoms with Gasteiger partial charge in [-0.05, 0) is 12.1 Å². The lowest BCUT2D eigenvalue weighted by atomic mass is 10.0. The Kier molecular flexibility index (Phi) is 8.23. The zero-order valence-electron chi connectivity index (χ0n) is 16.2. The van der Waals surface area contributed by atoms with Crippen molar-refractivity contribution in [2.24, 2.45) is 0 Å². The summed E-state index contributed by atoms with van der Waals surface area (Å²) in [7, 11) is 1.62. The maximum absolute atomic E-state index is 12.9. The van der Waals surface area contributed by atoms with E-state index < -0.39 is 4.92 Å². The van der Waals surface area contributed by atoms with E-state index in [1.54, 1.807) is 25.3 Å². The maximum atomic E-state index is 12.9. The van der Waals surface area contributed by atoms with Crippen LogP contribution >= 0.6 is 12.4 Å². The van der Waals surface area contributed by atoms with Gasteiger partial charge in [0, 0.05) is 44.2 Å². The van der Waals surface area contributed by atoms with Gasteiger partial charge in [-0.25, -0.2) is 0 Å². The number of anilines is 1. The summed E-state index contributed by atoms with van der Waals surface area (Å²) in [5, 5.41) is 17.4. The van der Waals surface area contributed by atoms with Crippen LogP contribution in [0.3, 0.4) is 0 Å². The molecule has 1 aliphatic rings. The van der Waals surface area contributed by atoms with Crippen molar-refractivity contribution in [1.82, 2.24) is 10.2 Å². The summed E-state index contributed by atoms with van der Waals surface area (Å²) in [5.74, 6) is 0.760. The monoisotopic (exact) mass is 420 g/mol. The second-order valence-electron chi connectivity index (χ2n) is 6.50. The first kappa shape index (κ1) is 22.4. The van der Waals surface area contributed by atoms with E-state index in [4.69, 9.17) is 4.74 Å². The van der Waals surface area contributed by atoms with E-state index in [2.05, 4.69) is 10.6 Å². The molecule has 0 spiro atoms. The smallest absolute Gasteiger partial charge is 0.292 e. The van der Waals surface area contributed by atoms with Gasteiger partial charge in [-0.1, -0.05) is 30.3 Å². The Morgan fingerprint density at radius 2 is 2.00 bits per heavy atom. The third-order valence-electron chi connectivity index (χ3n) is 4.82. The van der Waals surface area contributed by atoms with Crippen molar-refractivity contribution < 1.29 is 14.5 Å². The molecule has 29 heavy (non-hydrogen) atoms. The highest BCUT2D eigenvalue weighted by Crippen LogP contribution is 2.30. The molecule has 9 heteroatoms. The van der Waals surface area contributed by atoms with Crippen LogP contribution in [0.25, 0.3) is 0 Å². The van der Waals surface area contributed by atoms with E-state index in [0.717, 1.165) is 17.9 Å². The number of benzene rings is 2. The quantitative estimate of drug-likeness (QED) is 0.528. The van der Waals surface area contributed by atoms with E-state index in [1.807, 2.05) is 29.2 Å². The number of carbonyl (C=O) groups is 1. The minimum absolute atomic E-state index is 0. The van der Waals surface area contributed by atoms with Gasteiger partial charge in [0.25, 0.3) is 5.69 Å². The lowest BCUT2D eigenvalue weighted by Crippen LogP contribution is -2.49. The van der Waals surface area contributed by atoms with Crippen molar-refractivity contribution in [1.29, 1.82) is 0 Å². The largest absolute Gasteiger partial charge is 0.496 e. The second-order valence-corrected chi connectivity index (χ2v) is 6.50. The zero-order valence-corrected chi connectivity index (χ0v) is 17.0. The summed E-state index contributed by atoms with van der Waals surface area (Å²) in [6.45, 7) is 2.32. The molecule has 0 aromatic heterocycles. The Bertz CT molecular complexity index is 849. The fourth-order valence-electron chi connectivity index (χ4n) is 3.45. The van der Waals surface area contributed by atoms with Gasteiger partial charge in [0.05, 0.1) is 18.1 Å². The minimum atomic E-state index is -0.432. The van der Waals surface area contributed by atoms with Gasteiger partial charge in [0.1, 0.15) is 11.4 Å². The van der Waals surface area contributed by atoms with Crippen LogP contribution < -0.4 is 15.4 Å². The van der Waals surface area contributed by atoms with Crippen LogP contribution in [0.2, 0.25) is 0 Å². The number of nitro benzene ring substituents is 1. The molecule has 1 heterocycles. The predicted octanol–water partition coefficient (Wildman–Crippen LogP) is 3.00. The lowest BCUT2D eigenvalue weighted by Gasteiger charge is -2.37. The summed E-state index contributed by atoms with van der Waals surface area (Å²) in [6.07, 6.45) is 0.248. The summed E-state index contributed by atoms with van der Waals surface area (Å²) in [5.41, 5.74) is 1.39. The second kappa shape index (κ2) is 10.6. The number of hydrogen-bond donors (Lipinski definition) is 2. The van der Waals surface area contributed by atoms with Crippen LogP contribution in [0, 0.1) is 10.1 Å². The van der Waals surface area contributed by atoms with Crippen molar-refractivity contribution in [2.75, 3.05) is 38.6 Å². The van der Waals surface area contributed by atoms with Crippen molar-refractivity contribution >= 4 is 29.7 Å². The number of ether oxygens (including phenoxy) is 1. The van der Waals surface area contributed by atoms with Gasteiger partial charge >= 0.3 is 0 Å². The Morgan fingerprint density at radius 3 is 2.76 bits per heavy atom. The Balaban J connectivity index is 0.00000300. The zero-order chi connectivity index (χ0) is 19.9. The number of para-hydroxylation sites is 3. The summed E-state index contributed by atoms with van der Waals surface area (Å²) >= 11 is 0. The molecule has 2 aromatic carbocycles. The molecule has 0 radical (unpaired) electrons. The van der Waals surface area contributed by atoms with Crippen molar-refractivity contribution in [3.05, 3.63) is 64.2 Å². The third kappa shape index (κ3) is 5.36. The summed E-state index contributed by atoms with van der Waals surface area (Å²) < 4.78 is 5.46. The van der Waals surface area contributed by atoms with Crippen LogP contribution in [0.1, 0.15) is 18.0 Å². The molecular formula is C20H25ClN4O4. The van der Waals surface area contributed by atoms with Crippen molar-refractivity contribution in [3.63, 3.8) is 0 Å². The van der Waals surface area contributed by atoms with Crippen molar-refractivity contribution in [3.8, 4) is 5.75 Å². The van der Waals surface area contributed by atoms with Gasteiger partial charge in [-0.3, -0.25) is 14.9 Å². The highest BCUT2D eigenvalue weighted by atomic mass is 35.5. The average Bonchev–Trinajstić information content (AvgIpc) is 2.73. The molecule has 2 aromatic rings. The number of carbonyl (C=O) groups excluding carboxylic acids is 1. The molecule has 1 saturated heterocycles. The Morgan fingerprint density at radius 1 is 1.28 bits per heavy atom. The van der Waals surface area contributed by atoms with Crippen LogP contribution in [0.5, 0.6) is 5.75 Å². The summed E-state index contributed by atoms with van der Waals surface area (Å²) in [6, 6.07) is 14.0. The molecule has 156 valence electrons. The first-order valence-corrected chi connectivity index (χ1v) is 9.22. The van der Waals surface area contributed by atoms with Crippen LogP contribution in [0.4, 0.5) is 11.4 Å². The highest BCUT2D eigenvalue weighted by molar-refractivity contribution is 5.85. The first-order valence-electron chi connectivity index (χ1n) is 9.22. The van der Waals surface area contributed by atoms with E-state index in [1.165, 1.54) is 6.07 Å². The number of methoxy groups -OCH3 is 1. The highest BCUT2D eigenvalue weighted by Gasteiger charge is 2.29. The number of nitrogens with one attached hydrogen (secondary N) is 2. The Hall–Kier alpha value is -2.84. The maximum Gasteiger partial charge on any atom is 0.292 e.